The number of rotatable bonds is 4. The molecule has 0 bridgehead atoms. The fourth-order valence-electron chi connectivity index (χ4n) is 2.26. The Morgan fingerprint density at radius 1 is 1.14 bits per heavy atom. The maximum Gasteiger partial charge on any atom is 0.120 e. The van der Waals surface area contributed by atoms with Gasteiger partial charge in [-0.25, -0.2) is 0 Å². The molecule has 0 fully saturated rings. The number of nitrogen functional groups attached to an aromatic ring is 1. The van der Waals surface area contributed by atoms with Crippen molar-refractivity contribution in [1.29, 1.82) is 0 Å². The second-order valence-electron chi connectivity index (χ2n) is 5.04. The first-order valence-electron chi connectivity index (χ1n) is 6.82. The highest BCUT2D eigenvalue weighted by Gasteiger charge is 2.04. The molecule has 1 heterocycles. The number of hydrogen-bond donors (Lipinski definition) is 2. The number of hydrogen-bond acceptors (Lipinski definition) is 4. The summed E-state index contributed by atoms with van der Waals surface area (Å²) in [6.45, 7) is 2.83. The topological polar surface area (TPSA) is 47.3 Å². The Hall–Kier alpha value is -2.20. The van der Waals surface area contributed by atoms with Crippen molar-refractivity contribution in [3.05, 3.63) is 52.9 Å². The summed E-state index contributed by atoms with van der Waals surface area (Å²) in [5.41, 5.74) is 8.86. The van der Waals surface area contributed by atoms with Crippen molar-refractivity contribution in [2.24, 2.45) is 0 Å². The van der Waals surface area contributed by atoms with Gasteiger partial charge in [0.15, 0.2) is 0 Å². The molecule has 2 aromatic carbocycles. The number of ether oxygens (including phenoxy) is 1. The molecule has 4 heteroatoms. The van der Waals surface area contributed by atoms with Crippen LogP contribution in [-0.4, -0.2) is 7.11 Å². The number of thiophene rings is 1. The maximum absolute atomic E-state index is 5.84. The minimum Gasteiger partial charge on any atom is -0.497 e. The van der Waals surface area contributed by atoms with E-state index in [1.165, 1.54) is 15.0 Å². The molecule has 0 amide bonds. The predicted molar refractivity (Wildman–Crippen MR) is 91.3 cm³/mol. The minimum absolute atomic E-state index is 0.811. The van der Waals surface area contributed by atoms with Gasteiger partial charge in [-0.1, -0.05) is 0 Å². The lowest BCUT2D eigenvalue weighted by molar-refractivity contribution is 0.415. The summed E-state index contributed by atoms with van der Waals surface area (Å²) in [5, 5.41) is 4.70. The Kier molecular flexibility index (Phi) is 3.71. The Morgan fingerprint density at radius 2 is 2.00 bits per heavy atom. The third-order valence-electron chi connectivity index (χ3n) is 3.51. The highest BCUT2D eigenvalue weighted by Crippen LogP contribution is 2.29. The van der Waals surface area contributed by atoms with Gasteiger partial charge in [0.2, 0.25) is 0 Å². The van der Waals surface area contributed by atoms with E-state index in [4.69, 9.17) is 10.5 Å². The molecule has 108 valence electrons. The maximum atomic E-state index is 5.84. The number of nitrogens with two attached hydrogens (primary N) is 1. The lowest BCUT2D eigenvalue weighted by Gasteiger charge is -2.07. The average molecular weight is 298 g/mol. The van der Waals surface area contributed by atoms with E-state index >= 15 is 0 Å². The molecule has 0 atom stereocenters. The quantitative estimate of drug-likeness (QED) is 0.701. The van der Waals surface area contributed by atoms with E-state index < -0.39 is 0 Å². The van der Waals surface area contributed by atoms with E-state index in [0.717, 1.165) is 29.2 Å². The Morgan fingerprint density at radius 3 is 2.76 bits per heavy atom. The molecule has 0 aliphatic carbocycles. The second-order valence-corrected chi connectivity index (χ2v) is 6.21. The monoisotopic (exact) mass is 298 g/mol. The summed E-state index contributed by atoms with van der Waals surface area (Å²) in [6, 6.07) is 14.4. The van der Waals surface area contributed by atoms with Crippen LogP contribution in [0.25, 0.3) is 10.1 Å². The van der Waals surface area contributed by atoms with E-state index in [2.05, 4.69) is 29.6 Å². The molecule has 3 aromatic rings. The second kappa shape index (κ2) is 5.66. The van der Waals surface area contributed by atoms with Crippen LogP contribution in [0.5, 0.6) is 5.75 Å². The van der Waals surface area contributed by atoms with Crippen molar-refractivity contribution in [2.75, 3.05) is 18.2 Å². The van der Waals surface area contributed by atoms with E-state index in [1.54, 1.807) is 18.4 Å². The van der Waals surface area contributed by atoms with Gasteiger partial charge in [-0.05, 0) is 60.3 Å². The van der Waals surface area contributed by atoms with Crippen LogP contribution in [0, 0.1) is 6.92 Å². The van der Waals surface area contributed by atoms with E-state index in [1.807, 2.05) is 25.1 Å². The van der Waals surface area contributed by atoms with Crippen molar-refractivity contribution in [3.63, 3.8) is 0 Å². The van der Waals surface area contributed by atoms with Crippen molar-refractivity contribution in [2.45, 2.75) is 13.5 Å². The standard InChI is InChI=1S/C17H18N2OS/c1-11-7-13(4-6-16(11)18)19-10-15-8-12-3-5-14(20-2)9-17(12)21-15/h3-9,19H,10,18H2,1-2H3. The van der Waals surface area contributed by atoms with Gasteiger partial charge in [-0.15, -0.1) is 11.3 Å². The molecular weight excluding hydrogens is 280 g/mol. The Balaban J connectivity index is 1.76. The molecule has 0 unspecified atom stereocenters. The first-order valence-corrected chi connectivity index (χ1v) is 7.64. The van der Waals surface area contributed by atoms with Crippen LogP contribution in [0.15, 0.2) is 42.5 Å². The van der Waals surface area contributed by atoms with E-state index in [0.29, 0.717) is 0 Å². The van der Waals surface area contributed by atoms with Gasteiger partial charge in [-0.2, -0.15) is 0 Å². The fraction of sp³-hybridized carbons (Fsp3) is 0.176. The third-order valence-corrected chi connectivity index (χ3v) is 4.61. The summed E-state index contributed by atoms with van der Waals surface area (Å²) >= 11 is 1.79. The summed E-state index contributed by atoms with van der Waals surface area (Å²) in [7, 11) is 1.70. The molecule has 0 saturated heterocycles. The van der Waals surface area contributed by atoms with Gasteiger partial charge >= 0.3 is 0 Å². The lowest BCUT2D eigenvalue weighted by atomic mass is 10.2. The van der Waals surface area contributed by atoms with Crippen LogP contribution in [0.4, 0.5) is 11.4 Å². The van der Waals surface area contributed by atoms with Crippen LogP contribution in [0.3, 0.4) is 0 Å². The molecule has 0 radical (unpaired) electrons. The number of anilines is 2. The normalized spacial score (nSPS) is 10.8. The van der Waals surface area contributed by atoms with Gasteiger partial charge in [0.1, 0.15) is 5.75 Å². The number of methoxy groups -OCH3 is 1. The van der Waals surface area contributed by atoms with Crippen molar-refractivity contribution >= 4 is 32.8 Å². The molecule has 3 N–H and O–H groups in total. The molecule has 0 saturated carbocycles. The van der Waals surface area contributed by atoms with Crippen molar-refractivity contribution in [3.8, 4) is 5.75 Å². The van der Waals surface area contributed by atoms with Crippen LogP contribution >= 0.6 is 11.3 Å². The molecule has 0 aliphatic rings. The Labute approximate surface area is 128 Å². The summed E-state index contributed by atoms with van der Waals surface area (Å²) in [4.78, 5) is 1.30. The highest BCUT2D eigenvalue weighted by atomic mass is 32.1. The molecule has 3 nitrogen and oxygen atoms in total. The molecular formula is C17H18N2OS. The van der Waals surface area contributed by atoms with Crippen LogP contribution in [-0.2, 0) is 6.54 Å². The Bertz CT molecular complexity index is 780. The summed E-state index contributed by atoms with van der Waals surface area (Å²) in [5.74, 6) is 0.901. The first kappa shape index (κ1) is 13.8. The van der Waals surface area contributed by atoms with Crippen LogP contribution in [0.1, 0.15) is 10.4 Å². The zero-order valence-corrected chi connectivity index (χ0v) is 13.0. The number of fused-ring (bicyclic) bond motifs is 1. The van der Waals surface area contributed by atoms with Crippen LogP contribution in [0.2, 0.25) is 0 Å². The average Bonchev–Trinajstić information content (AvgIpc) is 2.90. The van der Waals surface area contributed by atoms with Crippen LogP contribution < -0.4 is 15.8 Å². The fourth-order valence-corrected chi connectivity index (χ4v) is 3.29. The van der Waals surface area contributed by atoms with Gasteiger partial charge in [0.05, 0.1) is 7.11 Å². The largest absolute Gasteiger partial charge is 0.497 e. The highest BCUT2D eigenvalue weighted by molar-refractivity contribution is 7.19. The van der Waals surface area contributed by atoms with Gasteiger partial charge < -0.3 is 15.8 Å². The zero-order valence-electron chi connectivity index (χ0n) is 12.1. The van der Waals surface area contributed by atoms with Crippen molar-refractivity contribution in [1.82, 2.24) is 0 Å². The van der Waals surface area contributed by atoms with E-state index in [9.17, 15) is 0 Å². The summed E-state index contributed by atoms with van der Waals surface area (Å²) in [6.07, 6.45) is 0. The lowest BCUT2D eigenvalue weighted by Crippen LogP contribution is -1.98. The number of benzene rings is 2. The minimum atomic E-state index is 0.811. The number of nitrogens with one attached hydrogen (secondary N) is 1. The smallest absolute Gasteiger partial charge is 0.120 e. The van der Waals surface area contributed by atoms with Gasteiger partial charge in [0, 0.05) is 27.5 Å². The predicted octanol–water partition coefficient (Wildman–Crippen LogP) is 4.41. The van der Waals surface area contributed by atoms with Gasteiger partial charge in [-0.3, -0.25) is 0 Å². The summed E-state index contributed by atoms with van der Waals surface area (Å²) < 4.78 is 6.51. The third kappa shape index (κ3) is 2.95. The zero-order chi connectivity index (χ0) is 14.8. The molecule has 0 spiro atoms. The molecule has 0 aliphatic heterocycles. The molecule has 21 heavy (non-hydrogen) atoms. The first-order chi connectivity index (χ1) is 10.2. The molecule has 3 rings (SSSR count). The number of aryl methyl sites for hydroxylation is 1. The van der Waals surface area contributed by atoms with E-state index in [-0.39, 0.29) is 0 Å². The van der Waals surface area contributed by atoms with Crippen molar-refractivity contribution < 1.29 is 4.74 Å². The SMILES string of the molecule is COc1ccc2cc(CNc3ccc(N)c(C)c3)sc2c1. The molecule has 1 aromatic heterocycles. The van der Waals surface area contributed by atoms with Gasteiger partial charge in [0.25, 0.3) is 0 Å².